The van der Waals surface area contributed by atoms with Crippen molar-refractivity contribution in [3.8, 4) is 0 Å². The molecule has 123 valence electrons. The number of nitrogens with zero attached hydrogens (tertiary/aromatic N) is 1. The Morgan fingerprint density at radius 3 is 2.17 bits per heavy atom. The van der Waals surface area contributed by atoms with Gasteiger partial charge in [-0.15, -0.1) is 0 Å². The van der Waals surface area contributed by atoms with Crippen molar-refractivity contribution in [2.45, 2.75) is 52.0 Å². The smallest absolute Gasteiger partial charge is 0.285 e. The number of hydrogen-bond donors (Lipinski definition) is 1. The molecule has 0 unspecified atom stereocenters. The number of benzene rings is 1. The van der Waals surface area contributed by atoms with E-state index in [0.29, 0.717) is 0 Å². The average molecular weight is 394 g/mol. The third-order valence-electron chi connectivity index (χ3n) is 5.82. The number of carbonyl (C=O) groups is 1. The summed E-state index contributed by atoms with van der Waals surface area (Å²) in [5, 5.41) is 3.12. The molecule has 0 aromatic heterocycles. The van der Waals surface area contributed by atoms with E-state index in [4.69, 9.17) is 0 Å². The van der Waals surface area contributed by atoms with Crippen molar-refractivity contribution in [3.63, 3.8) is 0 Å². The number of quaternary nitrogens is 1. The fourth-order valence-electron chi connectivity index (χ4n) is 4.36. The van der Waals surface area contributed by atoms with Crippen LogP contribution in [0.1, 0.15) is 43.7 Å². The van der Waals surface area contributed by atoms with E-state index in [-0.39, 0.29) is 50.0 Å². The largest absolute Gasteiger partial charge is 0.320 e. The topological polar surface area (TPSA) is 29.1 Å². The van der Waals surface area contributed by atoms with Gasteiger partial charge in [0.15, 0.2) is 5.54 Å². The molecule has 1 amide bonds. The number of aryl methyl sites for hydroxylation is 2. The summed E-state index contributed by atoms with van der Waals surface area (Å²) in [5.74, 6) is -0.111. The second-order valence-electron chi connectivity index (χ2n) is 7.02. The van der Waals surface area contributed by atoms with Gasteiger partial charge in [-0.3, -0.25) is 4.79 Å². The molecule has 2 fully saturated rings. The van der Waals surface area contributed by atoms with Crippen LogP contribution in [0.3, 0.4) is 0 Å². The molecule has 1 saturated heterocycles. The van der Waals surface area contributed by atoms with Gasteiger partial charge in [0.2, 0.25) is 0 Å². The number of anilines is 1. The first-order chi connectivity index (χ1) is 10.4. The normalized spacial score (nSPS) is 20.7. The maximum Gasteiger partial charge on any atom is 0.285 e. The number of rotatable bonds is 4. The summed E-state index contributed by atoms with van der Waals surface area (Å²) in [6, 6.07) is 2.98. The molecule has 1 aliphatic heterocycles. The van der Waals surface area contributed by atoms with Crippen molar-refractivity contribution in [1.29, 1.82) is 0 Å². The minimum atomic E-state index is -0.245. The second-order valence-corrected chi connectivity index (χ2v) is 7.02. The Labute approximate surface area is 163 Å². The van der Waals surface area contributed by atoms with Crippen molar-refractivity contribution < 1.29 is 46.4 Å². The van der Waals surface area contributed by atoms with E-state index in [9.17, 15) is 9.18 Å². The van der Waals surface area contributed by atoms with Crippen LogP contribution in [-0.4, -0.2) is 35.6 Å². The van der Waals surface area contributed by atoms with Gasteiger partial charge in [-0.25, -0.2) is 4.39 Å². The molecule has 1 aliphatic carbocycles. The van der Waals surface area contributed by atoms with E-state index in [1.54, 1.807) is 0 Å². The molecule has 1 saturated carbocycles. The quantitative estimate of drug-likeness (QED) is 0.778. The van der Waals surface area contributed by atoms with Crippen LogP contribution in [0.4, 0.5) is 10.1 Å². The van der Waals surface area contributed by atoms with Gasteiger partial charge >= 0.3 is 0 Å². The molecule has 5 heteroatoms. The van der Waals surface area contributed by atoms with Gasteiger partial charge in [0.05, 0.1) is 19.6 Å². The molecule has 2 aliphatic rings. The predicted molar refractivity (Wildman–Crippen MR) is 86.2 cm³/mol. The van der Waals surface area contributed by atoms with Crippen LogP contribution in [0.25, 0.3) is 0 Å². The van der Waals surface area contributed by atoms with E-state index in [0.717, 1.165) is 53.8 Å². The number of halogens is 1. The summed E-state index contributed by atoms with van der Waals surface area (Å²) in [6.45, 7) is 9.16. The molecule has 0 spiro atoms. The summed E-state index contributed by atoms with van der Waals surface area (Å²) in [5.41, 5.74) is 2.14. The standard InChI is InChI=1S/C18H25FN2O.Y/c1-4-21(9-5-6-10-21)18(7-8-18)17(22)20-16-13(2)11-15(19)12-14(16)3;/h11-12H,4-10H2,1-3H3;/p+1. The first kappa shape index (κ1) is 19.0. The van der Waals surface area contributed by atoms with E-state index < -0.39 is 0 Å². The molecule has 3 rings (SSSR count). The van der Waals surface area contributed by atoms with Gasteiger partial charge < -0.3 is 9.80 Å². The van der Waals surface area contributed by atoms with Gasteiger partial charge in [-0.1, -0.05) is 0 Å². The molecule has 0 bridgehead atoms. The Morgan fingerprint density at radius 1 is 1.22 bits per heavy atom. The maximum atomic E-state index is 13.4. The summed E-state index contributed by atoms with van der Waals surface area (Å²) < 4.78 is 14.4. The summed E-state index contributed by atoms with van der Waals surface area (Å²) in [6.07, 6.45) is 4.40. The third kappa shape index (κ3) is 3.15. The Morgan fingerprint density at radius 2 is 1.74 bits per heavy atom. The molecule has 1 N–H and O–H groups in total. The Hall–Kier alpha value is -0.316. The number of nitrogens with one attached hydrogen (secondary N) is 1. The molecular formula is C18H26FN2OY+. The monoisotopic (exact) mass is 394 g/mol. The first-order valence-corrected chi connectivity index (χ1v) is 8.38. The summed E-state index contributed by atoms with van der Waals surface area (Å²) in [7, 11) is 0. The number of likely N-dealkylation sites (tertiary alicyclic amines) is 1. The van der Waals surface area contributed by atoms with Crippen molar-refractivity contribution in [2.75, 3.05) is 25.0 Å². The van der Waals surface area contributed by atoms with Crippen LogP contribution in [0, 0.1) is 19.7 Å². The minimum absolute atomic E-state index is 0. The third-order valence-corrected chi connectivity index (χ3v) is 5.82. The molecule has 1 aromatic rings. The van der Waals surface area contributed by atoms with Crippen molar-refractivity contribution in [2.24, 2.45) is 0 Å². The molecule has 1 radical (unpaired) electrons. The maximum absolute atomic E-state index is 13.4. The number of likely N-dealkylation sites (N-methyl/N-ethyl adjacent to an activating group) is 1. The number of hydrogen-bond acceptors (Lipinski definition) is 1. The van der Waals surface area contributed by atoms with Crippen molar-refractivity contribution in [3.05, 3.63) is 29.1 Å². The zero-order chi connectivity index (χ0) is 16.0. The fourth-order valence-corrected chi connectivity index (χ4v) is 4.36. The van der Waals surface area contributed by atoms with E-state index in [1.165, 1.54) is 25.0 Å². The van der Waals surface area contributed by atoms with Gasteiger partial charge in [-0.05, 0) is 44.0 Å². The van der Waals surface area contributed by atoms with Crippen LogP contribution in [0.15, 0.2) is 12.1 Å². The predicted octanol–water partition coefficient (Wildman–Crippen LogP) is 3.54. The van der Waals surface area contributed by atoms with Crippen LogP contribution >= 0.6 is 0 Å². The Bertz CT molecular complexity index is 584. The van der Waals surface area contributed by atoms with Crippen LogP contribution in [-0.2, 0) is 37.5 Å². The zero-order valence-electron chi connectivity index (χ0n) is 14.4. The number of carbonyl (C=O) groups excluding carboxylic acids is 1. The summed E-state index contributed by atoms with van der Waals surface area (Å²) in [4.78, 5) is 13.0. The van der Waals surface area contributed by atoms with Crippen LogP contribution in [0.2, 0.25) is 0 Å². The average Bonchev–Trinajstić information content (AvgIpc) is 3.15. The molecule has 0 atom stereocenters. The van der Waals surface area contributed by atoms with E-state index in [2.05, 4.69) is 12.2 Å². The Balaban J connectivity index is 0.00000192. The molecule has 23 heavy (non-hydrogen) atoms. The van der Waals surface area contributed by atoms with E-state index in [1.807, 2.05) is 13.8 Å². The summed E-state index contributed by atoms with van der Waals surface area (Å²) >= 11 is 0. The van der Waals surface area contributed by atoms with Gasteiger partial charge in [-0.2, -0.15) is 0 Å². The van der Waals surface area contributed by atoms with E-state index >= 15 is 0 Å². The SMILES string of the molecule is CC[N+]1(C2(C(=O)Nc3c(C)cc(F)cc3C)CC2)CCCC1.[Y]. The second kappa shape index (κ2) is 6.89. The first-order valence-electron chi connectivity index (χ1n) is 8.38. The molecular weight excluding hydrogens is 368 g/mol. The number of amides is 1. The molecule has 1 heterocycles. The minimum Gasteiger partial charge on any atom is -0.320 e. The van der Waals surface area contributed by atoms with Crippen molar-refractivity contribution >= 4 is 11.6 Å². The fraction of sp³-hybridized carbons (Fsp3) is 0.611. The van der Waals surface area contributed by atoms with Gasteiger partial charge in [0.25, 0.3) is 5.91 Å². The molecule has 1 aromatic carbocycles. The molecule has 3 nitrogen and oxygen atoms in total. The van der Waals surface area contributed by atoms with Crippen LogP contribution < -0.4 is 5.32 Å². The van der Waals surface area contributed by atoms with Gasteiger partial charge in [0, 0.05) is 64.1 Å². The van der Waals surface area contributed by atoms with Crippen molar-refractivity contribution in [1.82, 2.24) is 0 Å². The van der Waals surface area contributed by atoms with Gasteiger partial charge in [0.1, 0.15) is 5.82 Å². The Kier molecular flexibility index (Phi) is 5.70. The zero-order valence-corrected chi connectivity index (χ0v) is 17.3. The van der Waals surface area contributed by atoms with Crippen LogP contribution in [0.5, 0.6) is 0 Å².